The topological polar surface area (TPSA) is 12.5 Å². The van der Waals surface area contributed by atoms with E-state index in [0.717, 1.165) is 13.1 Å². The van der Waals surface area contributed by atoms with Crippen LogP contribution in [0.25, 0.3) is 0 Å². The highest BCUT2D eigenvalue weighted by atomic mass is 79.9. The number of rotatable bonds is 4. The molecule has 0 aliphatic rings. The van der Waals surface area contributed by atoms with E-state index in [1.807, 2.05) is 18.7 Å². The lowest BCUT2D eigenvalue weighted by Gasteiger charge is -2.22. The molecule has 0 saturated carbocycles. The second kappa shape index (κ2) is 5.62. The Labute approximate surface area is 106 Å². The molecular weight excluding hydrogens is 299 g/mol. The SMILES string of the molecule is CCN(CC)c1cc(Br)cc(OC(F)(F)F)c1. The van der Waals surface area contributed by atoms with Gasteiger partial charge in [-0.15, -0.1) is 13.2 Å². The van der Waals surface area contributed by atoms with Gasteiger partial charge in [-0.3, -0.25) is 0 Å². The minimum atomic E-state index is -4.67. The molecule has 2 nitrogen and oxygen atoms in total. The zero-order chi connectivity index (χ0) is 13.1. The second-order valence-electron chi connectivity index (χ2n) is 3.37. The molecule has 17 heavy (non-hydrogen) atoms. The van der Waals surface area contributed by atoms with Crippen LogP contribution in [0.4, 0.5) is 18.9 Å². The molecule has 96 valence electrons. The molecule has 0 radical (unpaired) electrons. The molecule has 6 heteroatoms. The Morgan fingerprint density at radius 2 is 1.76 bits per heavy atom. The molecule has 1 rings (SSSR count). The van der Waals surface area contributed by atoms with Gasteiger partial charge in [0.05, 0.1) is 0 Å². The third-order valence-corrected chi connectivity index (χ3v) is 2.68. The summed E-state index contributed by atoms with van der Waals surface area (Å²) in [6, 6.07) is 4.43. The molecule has 0 aliphatic heterocycles. The summed E-state index contributed by atoms with van der Waals surface area (Å²) >= 11 is 3.17. The number of anilines is 1. The summed E-state index contributed by atoms with van der Waals surface area (Å²) in [5, 5.41) is 0. The van der Waals surface area contributed by atoms with Crippen LogP contribution >= 0.6 is 15.9 Å². The molecule has 0 bridgehead atoms. The zero-order valence-corrected chi connectivity index (χ0v) is 11.1. The summed E-state index contributed by atoms with van der Waals surface area (Å²) in [6.07, 6.45) is -4.67. The maximum atomic E-state index is 12.1. The fraction of sp³-hybridized carbons (Fsp3) is 0.455. The van der Waals surface area contributed by atoms with Crippen molar-refractivity contribution < 1.29 is 17.9 Å². The number of hydrogen-bond acceptors (Lipinski definition) is 2. The fourth-order valence-electron chi connectivity index (χ4n) is 1.51. The Balaban J connectivity index is 3.01. The van der Waals surface area contributed by atoms with Crippen molar-refractivity contribution >= 4 is 21.6 Å². The molecule has 0 atom stereocenters. The van der Waals surface area contributed by atoms with Crippen molar-refractivity contribution in [1.29, 1.82) is 0 Å². The summed E-state index contributed by atoms with van der Waals surface area (Å²) < 4.78 is 40.8. The van der Waals surface area contributed by atoms with Gasteiger partial charge in [-0.25, -0.2) is 0 Å². The number of ether oxygens (including phenoxy) is 1. The van der Waals surface area contributed by atoms with Gasteiger partial charge in [0.1, 0.15) is 5.75 Å². The van der Waals surface area contributed by atoms with Crippen molar-refractivity contribution in [2.24, 2.45) is 0 Å². The third-order valence-electron chi connectivity index (χ3n) is 2.22. The Hall–Kier alpha value is -0.910. The van der Waals surface area contributed by atoms with Gasteiger partial charge in [0.2, 0.25) is 0 Å². The van der Waals surface area contributed by atoms with E-state index in [-0.39, 0.29) is 5.75 Å². The summed E-state index contributed by atoms with van der Waals surface area (Å²) in [6.45, 7) is 5.32. The molecular formula is C11H13BrF3NO. The summed E-state index contributed by atoms with van der Waals surface area (Å²) in [5.41, 5.74) is 0.698. The average molecular weight is 312 g/mol. The van der Waals surface area contributed by atoms with Crippen LogP contribution in [-0.2, 0) is 0 Å². The smallest absolute Gasteiger partial charge is 0.406 e. The summed E-state index contributed by atoms with van der Waals surface area (Å²) in [4.78, 5) is 1.94. The van der Waals surface area contributed by atoms with Crippen molar-refractivity contribution in [2.75, 3.05) is 18.0 Å². The number of alkyl halides is 3. The van der Waals surface area contributed by atoms with Gasteiger partial charge in [-0.05, 0) is 26.0 Å². The molecule has 0 aromatic heterocycles. The highest BCUT2D eigenvalue weighted by molar-refractivity contribution is 9.10. The van der Waals surface area contributed by atoms with Crippen molar-refractivity contribution in [3.05, 3.63) is 22.7 Å². The molecule has 0 aliphatic carbocycles. The normalized spacial score (nSPS) is 11.4. The Morgan fingerprint density at radius 3 is 2.24 bits per heavy atom. The Bertz CT molecular complexity index is 377. The first kappa shape index (κ1) is 14.2. The lowest BCUT2D eigenvalue weighted by atomic mass is 10.2. The monoisotopic (exact) mass is 311 g/mol. The highest BCUT2D eigenvalue weighted by Crippen LogP contribution is 2.30. The van der Waals surface area contributed by atoms with Gasteiger partial charge in [0.25, 0.3) is 0 Å². The molecule has 0 amide bonds. The van der Waals surface area contributed by atoms with E-state index < -0.39 is 6.36 Å². The van der Waals surface area contributed by atoms with Crippen molar-refractivity contribution in [3.8, 4) is 5.75 Å². The first-order valence-corrected chi connectivity index (χ1v) is 5.96. The van der Waals surface area contributed by atoms with Gasteiger partial charge < -0.3 is 9.64 Å². The standard InChI is InChI=1S/C11H13BrF3NO/c1-3-16(4-2)9-5-8(12)6-10(7-9)17-11(13,14)15/h5-7H,3-4H2,1-2H3. The van der Waals surface area contributed by atoms with E-state index in [0.29, 0.717) is 10.2 Å². The van der Waals surface area contributed by atoms with Crippen LogP contribution in [0.3, 0.4) is 0 Å². The van der Waals surface area contributed by atoms with Gasteiger partial charge in [0.15, 0.2) is 0 Å². The maximum absolute atomic E-state index is 12.1. The van der Waals surface area contributed by atoms with Crippen LogP contribution in [0, 0.1) is 0 Å². The quantitative estimate of drug-likeness (QED) is 0.826. The molecule has 0 spiro atoms. The number of benzene rings is 1. The Morgan fingerprint density at radius 1 is 1.18 bits per heavy atom. The van der Waals surface area contributed by atoms with Gasteiger partial charge in [0, 0.05) is 29.3 Å². The second-order valence-corrected chi connectivity index (χ2v) is 4.28. The molecule has 0 heterocycles. The first-order valence-electron chi connectivity index (χ1n) is 5.17. The first-order chi connectivity index (χ1) is 7.85. The van der Waals surface area contributed by atoms with E-state index in [2.05, 4.69) is 20.7 Å². The lowest BCUT2D eigenvalue weighted by molar-refractivity contribution is -0.274. The van der Waals surface area contributed by atoms with Crippen LogP contribution in [0.5, 0.6) is 5.75 Å². The fourth-order valence-corrected chi connectivity index (χ4v) is 1.97. The van der Waals surface area contributed by atoms with Crippen LogP contribution in [0.2, 0.25) is 0 Å². The van der Waals surface area contributed by atoms with Gasteiger partial charge in [-0.2, -0.15) is 0 Å². The minimum absolute atomic E-state index is 0.214. The van der Waals surface area contributed by atoms with E-state index in [1.54, 1.807) is 6.07 Å². The largest absolute Gasteiger partial charge is 0.573 e. The van der Waals surface area contributed by atoms with Crippen LogP contribution < -0.4 is 9.64 Å². The Kier molecular flexibility index (Phi) is 4.68. The lowest BCUT2D eigenvalue weighted by Crippen LogP contribution is -2.22. The van der Waals surface area contributed by atoms with E-state index in [9.17, 15) is 13.2 Å². The van der Waals surface area contributed by atoms with Crippen LogP contribution in [0.1, 0.15) is 13.8 Å². The van der Waals surface area contributed by atoms with Crippen LogP contribution in [-0.4, -0.2) is 19.5 Å². The predicted molar refractivity (Wildman–Crippen MR) is 64.4 cm³/mol. The summed E-state index contributed by atoms with van der Waals surface area (Å²) in [7, 11) is 0. The average Bonchev–Trinajstić information content (AvgIpc) is 2.15. The molecule has 0 saturated heterocycles. The van der Waals surface area contributed by atoms with Crippen LogP contribution in [0.15, 0.2) is 22.7 Å². The number of hydrogen-bond donors (Lipinski definition) is 0. The molecule has 1 aromatic rings. The van der Waals surface area contributed by atoms with Crippen molar-refractivity contribution in [2.45, 2.75) is 20.2 Å². The predicted octanol–water partition coefficient (Wildman–Crippen LogP) is 4.19. The van der Waals surface area contributed by atoms with Crippen molar-refractivity contribution in [3.63, 3.8) is 0 Å². The zero-order valence-electron chi connectivity index (χ0n) is 9.51. The van der Waals surface area contributed by atoms with E-state index >= 15 is 0 Å². The molecule has 0 fully saturated rings. The summed E-state index contributed by atoms with van der Waals surface area (Å²) in [5.74, 6) is -0.214. The number of nitrogens with zero attached hydrogens (tertiary/aromatic N) is 1. The molecule has 0 N–H and O–H groups in total. The van der Waals surface area contributed by atoms with Crippen molar-refractivity contribution in [1.82, 2.24) is 0 Å². The maximum Gasteiger partial charge on any atom is 0.573 e. The van der Waals surface area contributed by atoms with E-state index in [4.69, 9.17) is 0 Å². The van der Waals surface area contributed by atoms with Gasteiger partial charge in [-0.1, -0.05) is 15.9 Å². The molecule has 0 unspecified atom stereocenters. The third kappa shape index (κ3) is 4.46. The minimum Gasteiger partial charge on any atom is -0.406 e. The molecule has 1 aromatic carbocycles. The van der Waals surface area contributed by atoms with E-state index in [1.165, 1.54) is 12.1 Å². The number of halogens is 4. The highest BCUT2D eigenvalue weighted by Gasteiger charge is 2.31. The van der Waals surface area contributed by atoms with Gasteiger partial charge >= 0.3 is 6.36 Å².